The van der Waals surface area contributed by atoms with E-state index in [1.54, 1.807) is 6.07 Å². The quantitative estimate of drug-likeness (QED) is 0.264. The van der Waals surface area contributed by atoms with Gasteiger partial charge in [-0.25, -0.2) is 0 Å². The molecule has 10 heteroatoms. The minimum atomic E-state index is -4.78. The van der Waals surface area contributed by atoms with Crippen LogP contribution >= 0.6 is 24.0 Å². The number of aliphatic imine (C=N–C) groups is 1. The zero-order valence-corrected chi connectivity index (χ0v) is 19.9. The van der Waals surface area contributed by atoms with Gasteiger partial charge in [0.05, 0.1) is 5.69 Å². The molecule has 3 rings (SSSR count). The smallest absolute Gasteiger partial charge is 0.492 e. The molecule has 0 atom stereocenters. The number of nitrogens with zero attached hydrogens (tertiary/aromatic N) is 2. The number of nitrogens with one attached hydrogen (secondary N) is 1. The molecule has 0 unspecified atom stereocenters. The van der Waals surface area contributed by atoms with Gasteiger partial charge in [0.25, 0.3) is 0 Å². The molecule has 0 amide bonds. The Kier molecular flexibility index (Phi) is 10.4. The number of likely N-dealkylation sites (tertiary alicyclic amines) is 1. The molecule has 0 aromatic heterocycles. The Morgan fingerprint density at radius 2 is 1.75 bits per heavy atom. The van der Waals surface area contributed by atoms with Crippen LogP contribution < -0.4 is 20.5 Å². The van der Waals surface area contributed by atoms with Crippen LogP contribution in [0.15, 0.2) is 53.5 Å². The summed E-state index contributed by atoms with van der Waals surface area (Å²) in [7, 11) is 0. The van der Waals surface area contributed by atoms with E-state index in [0.717, 1.165) is 30.9 Å². The Morgan fingerprint density at radius 1 is 1.06 bits per heavy atom. The summed E-state index contributed by atoms with van der Waals surface area (Å²) in [5.41, 5.74) is 6.96. The monoisotopic (exact) mass is 564 g/mol. The van der Waals surface area contributed by atoms with Crippen molar-refractivity contribution in [2.24, 2.45) is 10.7 Å². The van der Waals surface area contributed by atoms with Crippen LogP contribution in [0, 0.1) is 0 Å². The van der Waals surface area contributed by atoms with Crippen LogP contribution in [-0.4, -0.2) is 50.0 Å². The first-order valence-corrected chi connectivity index (χ1v) is 10.2. The van der Waals surface area contributed by atoms with Gasteiger partial charge < -0.3 is 20.5 Å². The highest BCUT2D eigenvalue weighted by Gasteiger charge is 2.32. The van der Waals surface area contributed by atoms with Crippen LogP contribution in [0.2, 0.25) is 0 Å². The molecule has 0 saturated carbocycles. The van der Waals surface area contributed by atoms with Crippen molar-refractivity contribution in [3.63, 3.8) is 0 Å². The molecule has 1 aliphatic heterocycles. The van der Waals surface area contributed by atoms with Gasteiger partial charge in [0.1, 0.15) is 12.4 Å². The standard InChI is InChI=1S/C22H27F3N4O2.HI/c23-22(24,25)31-20-6-2-1-5-19(20)28-21(26)27-12-11-17-7-9-18(10-8-17)30-16-15-29-13-3-4-14-29;/h1-2,5-10H,3-4,11-16H2,(H3,26,27,28);1H. The predicted octanol–water partition coefficient (Wildman–Crippen LogP) is 4.65. The Labute approximate surface area is 203 Å². The van der Waals surface area contributed by atoms with E-state index in [1.165, 1.54) is 31.0 Å². The number of para-hydroxylation sites is 2. The molecule has 2 aromatic carbocycles. The average Bonchev–Trinajstić information content (AvgIpc) is 3.23. The van der Waals surface area contributed by atoms with Crippen LogP contribution in [0.5, 0.6) is 11.5 Å². The maximum atomic E-state index is 12.5. The molecule has 176 valence electrons. The zero-order chi connectivity index (χ0) is 22.1. The number of nitrogens with two attached hydrogens (primary N) is 1. The second-order valence-corrected chi connectivity index (χ2v) is 7.23. The van der Waals surface area contributed by atoms with E-state index in [2.05, 4.69) is 19.9 Å². The zero-order valence-electron chi connectivity index (χ0n) is 17.6. The minimum absolute atomic E-state index is 0. The van der Waals surface area contributed by atoms with Crippen LogP contribution in [0.25, 0.3) is 0 Å². The number of guanidine groups is 1. The number of benzene rings is 2. The molecule has 0 bridgehead atoms. The fourth-order valence-corrected chi connectivity index (χ4v) is 3.32. The summed E-state index contributed by atoms with van der Waals surface area (Å²) in [4.78, 5) is 6.58. The molecule has 3 N–H and O–H groups in total. The number of anilines is 1. The van der Waals surface area contributed by atoms with Gasteiger partial charge >= 0.3 is 6.36 Å². The average molecular weight is 564 g/mol. The third-order valence-corrected chi connectivity index (χ3v) is 4.86. The summed E-state index contributed by atoms with van der Waals surface area (Å²) in [6.45, 7) is 4.31. The first kappa shape index (κ1) is 26.0. The lowest BCUT2D eigenvalue weighted by molar-refractivity contribution is -0.274. The molecule has 32 heavy (non-hydrogen) atoms. The van der Waals surface area contributed by atoms with Crippen LogP contribution in [-0.2, 0) is 6.42 Å². The van der Waals surface area contributed by atoms with Gasteiger partial charge in [-0.15, -0.1) is 37.1 Å². The van der Waals surface area contributed by atoms with Gasteiger partial charge in [-0.2, -0.15) is 0 Å². The Bertz CT molecular complexity index is 857. The molecule has 2 aromatic rings. The first-order valence-electron chi connectivity index (χ1n) is 10.2. The number of hydrogen-bond donors (Lipinski definition) is 2. The summed E-state index contributed by atoms with van der Waals surface area (Å²) in [6.07, 6.45) is -1.61. The fourth-order valence-electron chi connectivity index (χ4n) is 3.32. The van der Waals surface area contributed by atoms with E-state index in [9.17, 15) is 13.2 Å². The van der Waals surface area contributed by atoms with Crippen molar-refractivity contribution >= 4 is 35.6 Å². The topological polar surface area (TPSA) is 72.1 Å². The van der Waals surface area contributed by atoms with E-state index in [4.69, 9.17) is 10.5 Å². The van der Waals surface area contributed by atoms with E-state index in [1.807, 2.05) is 24.3 Å². The number of ether oxygens (including phenoxy) is 2. The van der Waals surface area contributed by atoms with Crippen molar-refractivity contribution in [3.05, 3.63) is 54.1 Å². The second kappa shape index (κ2) is 12.7. The highest BCUT2D eigenvalue weighted by molar-refractivity contribution is 14.0. The fraction of sp³-hybridized carbons (Fsp3) is 0.409. The van der Waals surface area contributed by atoms with Crippen LogP contribution in [0.3, 0.4) is 0 Å². The maximum absolute atomic E-state index is 12.5. The molecule has 6 nitrogen and oxygen atoms in total. The molecule has 1 aliphatic rings. The Hall–Kier alpha value is -2.21. The number of alkyl halides is 3. The number of hydrogen-bond acceptors (Lipinski definition) is 4. The maximum Gasteiger partial charge on any atom is 0.573 e. The van der Waals surface area contributed by atoms with Crippen molar-refractivity contribution in [2.75, 3.05) is 38.1 Å². The largest absolute Gasteiger partial charge is 0.573 e. The van der Waals surface area contributed by atoms with E-state index < -0.39 is 6.36 Å². The highest BCUT2D eigenvalue weighted by atomic mass is 127. The van der Waals surface area contributed by atoms with Gasteiger partial charge in [-0.05, 0) is 62.2 Å². The minimum Gasteiger partial charge on any atom is -0.492 e. The van der Waals surface area contributed by atoms with Crippen molar-refractivity contribution in [1.29, 1.82) is 0 Å². The van der Waals surface area contributed by atoms with Crippen molar-refractivity contribution < 1.29 is 22.6 Å². The van der Waals surface area contributed by atoms with Gasteiger partial charge in [-0.1, -0.05) is 24.3 Å². The third kappa shape index (κ3) is 9.11. The van der Waals surface area contributed by atoms with Crippen molar-refractivity contribution in [3.8, 4) is 11.5 Å². The van der Waals surface area contributed by atoms with Gasteiger partial charge in [-0.3, -0.25) is 9.89 Å². The summed E-state index contributed by atoms with van der Waals surface area (Å²) in [5, 5.41) is 2.65. The lowest BCUT2D eigenvalue weighted by Crippen LogP contribution is -2.25. The second-order valence-electron chi connectivity index (χ2n) is 7.23. The molecule has 1 heterocycles. The van der Waals surface area contributed by atoms with Crippen LogP contribution in [0.1, 0.15) is 18.4 Å². The van der Waals surface area contributed by atoms with E-state index in [0.29, 0.717) is 19.6 Å². The number of halogens is 4. The summed E-state index contributed by atoms with van der Waals surface area (Å²) in [6, 6.07) is 13.5. The molecular weight excluding hydrogens is 536 g/mol. The van der Waals surface area contributed by atoms with E-state index in [-0.39, 0.29) is 41.4 Å². The molecule has 0 aliphatic carbocycles. The lowest BCUT2D eigenvalue weighted by Gasteiger charge is -2.15. The molecule has 1 fully saturated rings. The summed E-state index contributed by atoms with van der Waals surface area (Å²) >= 11 is 0. The summed E-state index contributed by atoms with van der Waals surface area (Å²) < 4.78 is 47.3. The van der Waals surface area contributed by atoms with Gasteiger partial charge in [0.15, 0.2) is 11.7 Å². The summed E-state index contributed by atoms with van der Waals surface area (Å²) in [5.74, 6) is 0.475. The Morgan fingerprint density at radius 3 is 2.44 bits per heavy atom. The molecular formula is C22H28F3IN4O2. The van der Waals surface area contributed by atoms with E-state index >= 15 is 0 Å². The van der Waals surface area contributed by atoms with Crippen molar-refractivity contribution in [1.82, 2.24) is 4.90 Å². The van der Waals surface area contributed by atoms with Gasteiger partial charge in [0.2, 0.25) is 0 Å². The number of rotatable bonds is 9. The van der Waals surface area contributed by atoms with Crippen LogP contribution in [0.4, 0.5) is 18.9 Å². The highest BCUT2D eigenvalue weighted by Crippen LogP contribution is 2.29. The Balaban J connectivity index is 0.00000363. The molecule has 0 spiro atoms. The normalized spacial score (nSPS) is 14.7. The predicted molar refractivity (Wildman–Crippen MR) is 130 cm³/mol. The third-order valence-electron chi connectivity index (χ3n) is 4.86. The van der Waals surface area contributed by atoms with Crippen molar-refractivity contribution in [2.45, 2.75) is 25.6 Å². The lowest BCUT2D eigenvalue weighted by atomic mass is 10.1. The SMILES string of the molecule is I.NC(=NCCc1ccc(OCCN2CCCC2)cc1)Nc1ccccc1OC(F)(F)F. The van der Waals surface area contributed by atoms with Gasteiger partial charge in [0, 0.05) is 13.1 Å². The molecule has 1 saturated heterocycles. The molecule has 0 radical (unpaired) electrons. The first-order chi connectivity index (χ1) is 14.9.